The van der Waals surface area contributed by atoms with Gasteiger partial charge in [-0.1, -0.05) is 6.92 Å². The lowest BCUT2D eigenvalue weighted by atomic mass is 9.86. The van der Waals surface area contributed by atoms with Crippen LogP contribution in [-0.2, 0) is 0 Å². The van der Waals surface area contributed by atoms with Crippen molar-refractivity contribution < 1.29 is 0 Å². The summed E-state index contributed by atoms with van der Waals surface area (Å²) >= 11 is 0. The van der Waals surface area contributed by atoms with Gasteiger partial charge >= 0.3 is 0 Å². The molecular formula is C15H28N2. The maximum atomic E-state index is 2.79. The van der Waals surface area contributed by atoms with E-state index in [9.17, 15) is 0 Å². The first kappa shape index (κ1) is 12.0. The number of piperazine rings is 1. The topological polar surface area (TPSA) is 6.48 Å². The maximum absolute atomic E-state index is 2.79. The predicted molar refractivity (Wildman–Crippen MR) is 72.2 cm³/mol. The van der Waals surface area contributed by atoms with Gasteiger partial charge in [0, 0.05) is 38.8 Å². The molecule has 0 atom stereocenters. The molecule has 0 bridgehead atoms. The van der Waals surface area contributed by atoms with Crippen LogP contribution in [0.25, 0.3) is 0 Å². The zero-order valence-electron chi connectivity index (χ0n) is 11.4. The number of nitrogens with zero attached hydrogens (tertiary/aromatic N) is 2. The summed E-state index contributed by atoms with van der Waals surface area (Å²) in [6.45, 7) is 9.17. The Kier molecular flexibility index (Phi) is 3.72. The molecule has 1 heterocycles. The molecule has 3 aliphatic rings. The van der Waals surface area contributed by atoms with E-state index in [0.29, 0.717) is 0 Å². The summed E-state index contributed by atoms with van der Waals surface area (Å²) in [5.74, 6) is 2.06. The first-order chi connectivity index (χ1) is 8.31. The fraction of sp³-hybridized carbons (Fsp3) is 1.00. The van der Waals surface area contributed by atoms with Crippen LogP contribution in [0.4, 0.5) is 0 Å². The van der Waals surface area contributed by atoms with Crippen molar-refractivity contribution in [1.82, 2.24) is 9.80 Å². The highest BCUT2D eigenvalue weighted by Crippen LogP contribution is 2.31. The second-order valence-corrected chi connectivity index (χ2v) is 6.69. The Morgan fingerprint density at radius 3 is 2.06 bits per heavy atom. The molecule has 2 nitrogen and oxygen atoms in total. The number of rotatable bonds is 3. The molecule has 2 heteroatoms. The van der Waals surface area contributed by atoms with E-state index >= 15 is 0 Å². The lowest BCUT2D eigenvalue weighted by Gasteiger charge is -2.41. The molecule has 0 N–H and O–H groups in total. The van der Waals surface area contributed by atoms with Crippen LogP contribution in [0.15, 0.2) is 0 Å². The van der Waals surface area contributed by atoms with Crippen molar-refractivity contribution in [2.24, 2.45) is 11.8 Å². The fourth-order valence-corrected chi connectivity index (χ4v) is 3.58. The van der Waals surface area contributed by atoms with Crippen LogP contribution in [0.1, 0.15) is 45.4 Å². The molecule has 0 aromatic rings. The van der Waals surface area contributed by atoms with E-state index in [1.54, 1.807) is 0 Å². The molecule has 0 amide bonds. The van der Waals surface area contributed by atoms with Gasteiger partial charge in [0.1, 0.15) is 0 Å². The van der Waals surface area contributed by atoms with Gasteiger partial charge in [-0.25, -0.2) is 0 Å². The molecule has 2 saturated carbocycles. The second-order valence-electron chi connectivity index (χ2n) is 6.69. The maximum Gasteiger partial charge on any atom is 0.0113 e. The molecular weight excluding hydrogens is 208 g/mol. The van der Waals surface area contributed by atoms with Crippen LogP contribution in [0.2, 0.25) is 0 Å². The van der Waals surface area contributed by atoms with Gasteiger partial charge in [0.2, 0.25) is 0 Å². The molecule has 0 aromatic carbocycles. The molecule has 0 unspecified atom stereocenters. The van der Waals surface area contributed by atoms with Crippen molar-refractivity contribution >= 4 is 0 Å². The largest absolute Gasteiger partial charge is 0.301 e. The Morgan fingerprint density at radius 1 is 0.824 bits per heavy atom. The molecule has 3 fully saturated rings. The minimum atomic E-state index is 0.925. The van der Waals surface area contributed by atoms with E-state index in [0.717, 1.165) is 17.9 Å². The summed E-state index contributed by atoms with van der Waals surface area (Å²) in [7, 11) is 0. The first-order valence-corrected chi connectivity index (χ1v) is 7.77. The Labute approximate surface area is 106 Å². The van der Waals surface area contributed by atoms with Crippen molar-refractivity contribution in [2.45, 2.75) is 51.5 Å². The van der Waals surface area contributed by atoms with Gasteiger partial charge in [0.05, 0.1) is 0 Å². The fourth-order valence-electron chi connectivity index (χ4n) is 3.58. The molecule has 3 rings (SSSR count). The van der Waals surface area contributed by atoms with Gasteiger partial charge in [0.25, 0.3) is 0 Å². The van der Waals surface area contributed by atoms with Gasteiger partial charge < -0.3 is 4.90 Å². The number of hydrogen-bond acceptors (Lipinski definition) is 2. The number of hydrogen-bond donors (Lipinski definition) is 0. The second kappa shape index (κ2) is 5.27. The lowest BCUT2D eigenvalue weighted by Crippen LogP contribution is -2.51. The van der Waals surface area contributed by atoms with E-state index in [2.05, 4.69) is 16.7 Å². The average molecular weight is 236 g/mol. The third kappa shape index (κ3) is 3.23. The average Bonchev–Trinajstić information content (AvgIpc) is 3.15. The van der Waals surface area contributed by atoms with Crippen LogP contribution in [0, 0.1) is 11.8 Å². The van der Waals surface area contributed by atoms with Crippen LogP contribution >= 0.6 is 0 Å². The van der Waals surface area contributed by atoms with Crippen molar-refractivity contribution in [2.75, 3.05) is 32.7 Å². The highest BCUT2D eigenvalue weighted by molar-refractivity contribution is 4.84. The Balaban J connectivity index is 1.41. The molecule has 1 saturated heterocycles. The molecule has 0 radical (unpaired) electrons. The smallest absolute Gasteiger partial charge is 0.0113 e. The molecule has 98 valence electrons. The van der Waals surface area contributed by atoms with E-state index in [1.165, 1.54) is 71.2 Å². The lowest BCUT2D eigenvalue weighted by molar-refractivity contribution is 0.0701. The monoisotopic (exact) mass is 236 g/mol. The molecule has 17 heavy (non-hydrogen) atoms. The van der Waals surface area contributed by atoms with Crippen molar-refractivity contribution in [3.8, 4) is 0 Å². The predicted octanol–water partition coefficient (Wildman–Crippen LogP) is 2.59. The summed E-state index contributed by atoms with van der Waals surface area (Å²) in [4.78, 5) is 5.49. The van der Waals surface area contributed by atoms with E-state index in [-0.39, 0.29) is 0 Å². The first-order valence-electron chi connectivity index (χ1n) is 7.77. The normalized spacial score (nSPS) is 37.2. The van der Waals surface area contributed by atoms with Gasteiger partial charge in [-0.2, -0.15) is 0 Å². The van der Waals surface area contributed by atoms with Crippen molar-refractivity contribution in [3.05, 3.63) is 0 Å². The zero-order chi connectivity index (χ0) is 11.7. The SMILES string of the molecule is C[C@H]1CC[C@@H](N2CCN(CC3CC3)CC2)CC1. The minimum absolute atomic E-state index is 0.925. The third-order valence-electron chi connectivity index (χ3n) is 5.12. The molecule has 0 aromatic heterocycles. The molecule has 0 spiro atoms. The highest BCUT2D eigenvalue weighted by Gasteiger charge is 2.29. The summed E-state index contributed by atoms with van der Waals surface area (Å²) in [5.41, 5.74) is 0. The van der Waals surface area contributed by atoms with E-state index < -0.39 is 0 Å². The Bertz CT molecular complexity index is 233. The van der Waals surface area contributed by atoms with Gasteiger partial charge in [-0.05, 0) is 50.4 Å². The quantitative estimate of drug-likeness (QED) is 0.743. The summed E-state index contributed by atoms with van der Waals surface area (Å²) in [6.07, 6.45) is 8.86. The van der Waals surface area contributed by atoms with Crippen LogP contribution in [0.5, 0.6) is 0 Å². The summed E-state index contributed by atoms with van der Waals surface area (Å²) in [6, 6.07) is 0.925. The van der Waals surface area contributed by atoms with E-state index in [4.69, 9.17) is 0 Å². The zero-order valence-corrected chi connectivity index (χ0v) is 11.4. The van der Waals surface area contributed by atoms with Crippen LogP contribution in [0.3, 0.4) is 0 Å². The third-order valence-corrected chi connectivity index (χ3v) is 5.12. The molecule has 1 aliphatic heterocycles. The van der Waals surface area contributed by atoms with Gasteiger partial charge in [-0.3, -0.25) is 4.90 Å². The van der Waals surface area contributed by atoms with E-state index in [1.807, 2.05) is 0 Å². The Morgan fingerprint density at radius 2 is 1.47 bits per heavy atom. The van der Waals surface area contributed by atoms with Gasteiger partial charge in [0.15, 0.2) is 0 Å². The molecule has 2 aliphatic carbocycles. The van der Waals surface area contributed by atoms with Crippen LogP contribution in [-0.4, -0.2) is 48.6 Å². The minimum Gasteiger partial charge on any atom is -0.301 e. The summed E-state index contributed by atoms with van der Waals surface area (Å²) < 4.78 is 0. The van der Waals surface area contributed by atoms with Crippen molar-refractivity contribution in [3.63, 3.8) is 0 Å². The van der Waals surface area contributed by atoms with Gasteiger partial charge in [-0.15, -0.1) is 0 Å². The summed E-state index contributed by atoms with van der Waals surface area (Å²) in [5, 5.41) is 0. The standard InChI is InChI=1S/C15H28N2/c1-13-2-6-15(7-3-13)17-10-8-16(9-11-17)12-14-4-5-14/h13-15H,2-12H2,1H3/t13-,15+. The highest BCUT2D eigenvalue weighted by atomic mass is 15.3. The van der Waals surface area contributed by atoms with Crippen molar-refractivity contribution in [1.29, 1.82) is 0 Å². The Hall–Kier alpha value is -0.0800. The van der Waals surface area contributed by atoms with Crippen LogP contribution < -0.4 is 0 Å².